The van der Waals surface area contributed by atoms with Gasteiger partial charge < -0.3 is 5.11 Å². The summed E-state index contributed by atoms with van der Waals surface area (Å²) in [6, 6.07) is 0. The van der Waals surface area contributed by atoms with Gasteiger partial charge in [-0.25, -0.2) is 0 Å². The highest BCUT2D eigenvalue weighted by Crippen LogP contribution is 2.68. The van der Waals surface area contributed by atoms with E-state index in [2.05, 4.69) is 20.8 Å². The Balaban J connectivity index is 1.73. The summed E-state index contributed by atoms with van der Waals surface area (Å²) in [5, 5.41) is 11.2. The number of allylic oxidation sites excluding steroid dienone is 1. The molecule has 4 rings (SSSR count). The zero-order valence-electron chi connectivity index (χ0n) is 16.1. The SMILES string of the molecule is CC(=O)[C@@]1(O)CCC2[C@@H]3C[C@H](C)C4=CC(=O)CC[C@]4(C)C3CC[C@@]21C. The van der Waals surface area contributed by atoms with Crippen molar-refractivity contribution < 1.29 is 14.7 Å². The number of aliphatic hydroxyl groups is 1. The van der Waals surface area contributed by atoms with E-state index in [-0.39, 0.29) is 16.6 Å². The zero-order chi connectivity index (χ0) is 18.2. The minimum Gasteiger partial charge on any atom is -0.382 e. The molecule has 1 N–H and O–H groups in total. The molecule has 0 aromatic rings. The Kier molecular flexibility index (Phi) is 3.69. The van der Waals surface area contributed by atoms with Gasteiger partial charge in [0.2, 0.25) is 0 Å². The van der Waals surface area contributed by atoms with Crippen LogP contribution in [-0.2, 0) is 9.59 Å². The van der Waals surface area contributed by atoms with Crippen molar-refractivity contribution in [3.8, 4) is 0 Å². The van der Waals surface area contributed by atoms with Gasteiger partial charge >= 0.3 is 0 Å². The first-order chi connectivity index (χ1) is 11.6. The molecule has 25 heavy (non-hydrogen) atoms. The lowest BCUT2D eigenvalue weighted by Crippen LogP contribution is -2.57. The third-order valence-electron chi connectivity index (χ3n) is 9.01. The maximum Gasteiger partial charge on any atom is 0.161 e. The third kappa shape index (κ3) is 2.08. The van der Waals surface area contributed by atoms with Gasteiger partial charge in [-0.2, -0.15) is 0 Å². The Morgan fingerprint density at radius 2 is 1.84 bits per heavy atom. The lowest BCUT2D eigenvalue weighted by molar-refractivity contribution is -0.161. The molecule has 3 nitrogen and oxygen atoms in total. The summed E-state index contributed by atoms with van der Waals surface area (Å²) in [6.07, 6.45) is 8.31. The van der Waals surface area contributed by atoms with Gasteiger partial charge in [-0.1, -0.05) is 26.3 Å². The van der Waals surface area contributed by atoms with Crippen LogP contribution < -0.4 is 0 Å². The molecule has 4 aliphatic rings. The van der Waals surface area contributed by atoms with Crippen LogP contribution in [0.1, 0.15) is 72.6 Å². The van der Waals surface area contributed by atoms with Crippen LogP contribution in [0.3, 0.4) is 0 Å². The van der Waals surface area contributed by atoms with Crippen molar-refractivity contribution in [2.24, 2.45) is 34.5 Å². The Labute approximate surface area is 151 Å². The number of carbonyl (C=O) groups is 2. The van der Waals surface area contributed by atoms with Crippen LogP contribution in [0.15, 0.2) is 11.6 Å². The van der Waals surface area contributed by atoms with Crippen molar-refractivity contribution in [2.75, 3.05) is 0 Å². The van der Waals surface area contributed by atoms with Crippen LogP contribution in [0.5, 0.6) is 0 Å². The van der Waals surface area contributed by atoms with Gasteiger partial charge in [-0.15, -0.1) is 0 Å². The monoisotopic (exact) mass is 344 g/mol. The first kappa shape index (κ1) is 17.5. The van der Waals surface area contributed by atoms with Crippen molar-refractivity contribution in [1.82, 2.24) is 0 Å². The fourth-order valence-corrected chi connectivity index (χ4v) is 7.58. The van der Waals surface area contributed by atoms with E-state index < -0.39 is 5.60 Å². The van der Waals surface area contributed by atoms with Crippen LogP contribution in [0, 0.1) is 34.5 Å². The van der Waals surface area contributed by atoms with Gasteiger partial charge in [0.05, 0.1) is 0 Å². The van der Waals surface area contributed by atoms with Gasteiger partial charge in [0.25, 0.3) is 0 Å². The highest BCUT2D eigenvalue weighted by Gasteiger charge is 2.66. The van der Waals surface area contributed by atoms with E-state index in [1.54, 1.807) is 6.92 Å². The molecule has 0 spiro atoms. The van der Waals surface area contributed by atoms with E-state index >= 15 is 0 Å². The van der Waals surface area contributed by atoms with Gasteiger partial charge in [0.15, 0.2) is 11.6 Å². The van der Waals surface area contributed by atoms with Gasteiger partial charge in [-0.05, 0) is 80.6 Å². The lowest BCUT2D eigenvalue weighted by atomic mass is 9.45. The van der Waals surface area contributed by atoms with Crippen molar-refractivity contribution in [2.45, 2.75) is 78.2 Å². The molecule has 0 saturated heterocycles. The predicted molar refractivity (Wildman–Crippen MR) is 96.9 cm³/mol. The summed E-state index contributed by atoms with van der Waals surface area (Å²) < 4.78 is 0. The van der Waals surface area contributed by atoms with Crippen LogP contribution in [-0.4, -0.2) is 22.3 Å². The first-order valence-electron chi connectivity index (χ1n) is 10.1. The topological polar surface area (TPSA) is 54.4 Å². The highest BCUT2D eigenvalue weighted by molar-refractivity contribution is 5.91. The van der Waals surface area contributed by atoms with E-state index in [4.69, 9.17) is 0 Å². The Hall–Kier alpha value is -0.960. The molecule has 0 amide bonds. The van der Waals surface area contributed by atoms with Gasteiger partial charge in [-0.3, -0.25) is 9.59 Å². The quantitative estimate of drug-likeness (QED) is 0.779. The molecular formula is C22H32O3. The zero-order valence-corrected chi connectivity index (χ0v) is 16.1. The maximum absolute atomic E-state index is 12.3. The van der Waals surface area contributed by atoms with E-state index in [0.717, 1.165) is 32.1 Å². The van der Waals surface area contributed by atoms with Crippen LogP contribution in [0.25, 0.3) is 0 Å². The molecule has 0 radical (unpaired) electrons. The summed E-state index contributed by atoms with van der Waals surface area (Å²) in [5.41, 5.74) is 0.107. The lowest BCUT2D eigenvalue weighted by Gasteiger charge is -2.60. The third-order valence-corrected chi connectivity index (χ3v) is 9.01. The summed E-state index contributed by atoms with van der Waals surface area (Å²) >= 11 is 0. The van der Waals surface area contributed by atoms with E-state index in [0.29, 0.717) is 42.3 Å². The highest BCUT2D eigenvalue weighted by atomic mass is 16.3. The number of ketones is 2. The fourth-order valence-electron chi connectivity index (χ4n) is 7.58. The van der Waals surface area contributed by atoms with Crippen molar-refractivity contribution in [3.05, 3.63) is 11.6 Å². The number of hydrogen-bond acceptors (Lipinski definition) is 3. The summed E-state index contributed by atoms with van der Waals surface area (Å²) in [6.45, 7) is 8.40. The first-order valence-corrected chi connectivity index (χ1v) is 10.1. The molecule has 138 valence electrons. The fraction of sp³-hybridized carbons (Fsp3) is 0.818. The Morgan fingerprint density at radius 3 is 2.52 bits per heavy atom. The largest absolute Gasteiger partial charge is 0.382 e. The molecule has 3 fully saturated rings. The van der Waals surface area contributed by atoms with E-state index in [1.807, 2.05) is 6.08 Å². The molecule has 4 aliphatic carbocycles. The molecule has 7 atom stereocenters. The average Bonchev–Trinajstić information content (AvgIpc) is 2.83. The second-order valence-electron chi connectivity index (χ2n) is 9.91. The molecule has 0 aromatic heterocycles. The second-order valence-corrected chi connectivity index (χ2v) is 9.91. The maximum atomic E-state index is 12.3. The van der Waals surface area contributed by atoms with Crippen molar-refractivity contribution >= 4 is 11.6 Å². The normalized spacial score (nSPS) is 52.0. The molecule has 3 heteroatoms. The molecule has 2 unspecified atom stereocenters. The molecule has 0 heterocycles. The Bertz CT molecular complexity index is 664. The van der Waals surface area contributed by atoms with Crippen LogP contribution in [0.2, 0.25) is 0 Å². The Morgan fingerprint density at radius 1 is 1.16 bits per heavy atom. The van der Waals surface area contributed by atoms with E-state index in [9.17, 15) is 14.7 Å². The molecule has 3 saturated carbocycles. The number of Topliss-reactive ketones (excluding diaryl/α,β-unsaturated/α-hetero) is 1. The summed E-state index contributed by atoms with van der Waals surface area (Å²) in [4.78, 5) is 24.3. The average molecular weight is 344 g/mol. The minimum atomic E-state index is -1.13. The van der Waals surface area contributed by atoms with Gasteiger partial charge in [0.1, 0.15) is 5.60 Å². The van der Waals surface area contributed by atoms with Crippen LogP contribution in [0.4, 0.5) is 0 Å². The smallest absolute Gasteiger partial charge is 0.161 e. The number of fused-ring (bicyclic) bond motifs is 5. The molecular weight excluding hydrogens is 312 g/mol. The van der Waals surface area contributed by atoms with E-state index in [1.165, 1.54) is 5.57 Å². The molecule has 0 aromatic carbocycles. The predicted octanol–water partition coefficient (Wildman–Crippen LogP) is 4.08. The number of carbonyl (C=O) groups excluding carboxylic acids is 2. The summed E-state index contributed by atoms with van der Waals surface area (Å²) in [7, 11) is 0. The van der Waals surface area contributed by atoms with Crippen LogP contribution >= 0.6 is 0 Å². The van der Waals surface area contributed by atoms with Gasteiger partial charge in [0, 0.05) is 11.8 Å². The standard InChI is InChI=1S/C22H32O3/c1-13-11-16-17(20(3)8-5-15(24)12-19(13)20)6-9-21(4)18(16)7-10-22(21,25)14(2)23/h12-13,16-18,25H,5-11H2,1-4H3/t13-,16+,17?,18?,20+,21-,22-/m0/s1. The second kappa shape index (κ2) is 5.28. The molecule has 0 aliphatic heterocycles. The van der Waals surface area contributed by atoms with Crippen molar-refractivity contribution in [3.63, 3.8) is 0 Å². The number of rotatable bonds is 1. The minimum absolute atomic E-state index is 0.0464. The van der Waals surface area contributed by atoms with Crippen molar-refractivity contribution in [1.29, 1.82) is 0 Å². The number of hydrogen-bond donors (Lipinski definition) is 1. The summed E-state index contributed by atoms with van der Waals surface area (Å²) in [5.74, 6) is 2.27. The molecule has 0 bridgehead atoms.